The van der Waals surface area contributed by atoms with Crippen molar-refractivity contribution in [2.45, 2.75) is 20.8 Å². The summed E-state index contributed by atoms with van der Waals surface area (Å²) in [4.78, 5) is 0. The third-order valence-corrected chi connectivity index (χ3v) is 6.11. The number of rotatable bonds is 3. The Hall–Kier alpha value is -2.47. The van der Waals surface area contributed by atoms with Crippen molar-refractivity contribution in [1.82, 2.24) is 9.78 Å². The van der Waals surface area contributed by atoms with Gasteiger partial charge in [0.15, 0.2) is 0 Å². The minimum Gasteiger partial charge on any atom is -0.221 e. The maximum Gasteiger partial charge on any atom is 0.337 e. The molecule has 28 heavy (non-hydrogen) atoms. The molecule has 0 atom stereocenters. The molecule has 0 aliphatic carbocycles. The molecule has 0 radical (unpaired) electrons. The minimum atomic E-state index is 0.960. The van der Waals surface area contributed by atoms with Gasteiger partial charge in [0, 0.05) is 22.6 Å². The van der Waals surface area contributed by atoms with Crippen molar-refractivity contribution < 1.29 is 4.57 Å². The van der Waals surface area contributed by atoms with E-state index in [0.29, 0.717) is 0 Å². The Morgan fingerprint density at radius 1 is 0.786 bits per heavy atom. The van der Waals surface area contributed by atoms with E-state index in [1.54, 1.807) is 0 Å². The van der Waals surface area contributed by atoms with E-state index >= 15 is 0 Å². The number of benzene rings is 3. The lowest BCUT2D eigenvalue weighted by Gasteiger charge is -2.11. The van der Waals surface area contributed by atoms with Gasteiger partial charge in [0.2, 0.25) is 0 Å². The number of aromatic nitrogens is 3. The normalized spacial score (nSPS) is 11.0. The van der Waals surface area contributed by atoms with Gasteiger partial charge >= 0.3 is 3.83 Å². The summed E-state index contributed by atoms with van der Waals surface area (Å²) in [6.45, 7) is 6.49. The standard InChI is InChI=1S/C24H23IN3/c1-16-10-8-9-13-21(16)23-27(4)24(25)26-28(23)22-17(2)14-20(15-18(22)3)19-11-6-5-7-12-19/h5-15H,1-4H3/q+1. The van der Waals surface area contributed by atoms with Crippen LogP contribution in [0.15, 0.2) is 66.7 Å². The summed E-state index contributed by atoms with van der Waals surface area (Å²) in [5, 5.41) is 4.89. The molecule has 3 nitrogen and oxygen atoms in total. The molecule has 0 spiro atoms. The molecule has 4 aromatic rings. The second-order valence-corrected chi connectivity index (χ2v) is 8.17. The third kappa shape index (κ3) is 3.26. The smallest absolute Gasteiger partial charge is 0.221 e. The van der Waals surface area contributed by atoms with E-state index in [1.165, 1.54) is 33.4 Å². The van der Waals surface area contributed by atoms with Crippen LogP contribution >= 0.6 is 22.6 Å². The zero-order valence-electron chi connectivity index (χ0n) is 16.6. The average molecular weight is 480 g/mol. The molecule has 0 amide bonds. The molecule has 4 heteroatoms. The highest BCUT2D eigenvalue weighted by Gasteiger charge is 2.28. The van der Waals surface area contributed by atoms with Crippen LogP contribution in [0.1, 0.15) is 16.7 Å². The van der Waals surface area contributed by atoms with Crippen molar-refractivity contribution in [2.75, 3.05) is 0 Å². The molecule has 0 bridgehead atoms. The molecular weight excluding hydrogens is 457 g/mol. The molecule has 0 unspecified atom stereocenters. The van der Waals surface area contributed by atoms with Crippen molar-refractivity contribution in [3.8, 4) is 28.2 Å². The van der Waals surface area contributed by atoms with Crippen LogP contribution in [-0.2, 0) is 7.05 Å². The summed E-state index contributed by atoms with van der Waals surface area (Å²) < 4.78 is 5.22. The topological polar surface area (TPSA) is 21.7 Å². The van der Waals surface area contributed by atoms with E-state index in [0.717, 1.165) is 15.3 Å². The third-order valence-electron chi connectivity index (χ3n) is 5.17. The number of aryl methyl sites for hydroxylation is 3. The van der Waals surface area contributed by atoms with Crippen LogP contribution in [0.4, 0.5) is 0 Å². The quantitative estimate of drug-likeness (QED) is 0.278. The zero-order chi connectivity index (χ0) is 19.8. The Bertz CT molecular complexity index is 1140. The molecule has 0 saturated heterocycles. The van der Waals surface area contributed by atoms with Crippen molar-refractivity contribution in [2.24, 2.45) is 7.05 Å². The molecule has 0 N–H and O–H groups in total. The first kappa shape index (κ1) is 18.9. The second kappa shape index (κ2) is 7.51. The van der Waals surface area contributed by atoms with Gasteiger partial charge in [0.1, 0.15) is 5.69 Å². The van der Waals surface area contributed by atoms with Gasteiger partial charge in [0.25, 0.3) is 5.82 Å². The van der Waals surface area contributed by atoms with Crippen molar-refractivity contribution in [3.63, 3.8) is 0 Å². The summed E-state index contributed by atoms with van der Waals surface area (Å²) in [5.74, 6) is 1.10. The number of hydrogen-bond acceptors (Lipinski definition) is 1. The molecule has 1 aromatic heterocycles. The second-order valence-electron chi connectivity index (χ2n) is 7.20. The first-order chi connectivity index (χ1) is 13.5. The lowest BCUT2D eigenvalue weighted by Crippen LogP contribution is -2.33. The molecule has 0 aliphatic heterocycles. The van der Waals surface area contributed by atoms with Crippen LogP contribution in [0, 0.1) is 24.6 Å². The highest BCUT2D eigenvalue weighted by molar-refractivity contribution is 14.1. The Morgan fingerprint density at radius 3 is 2.04 bits per heavy atom. The summed E-state index contributed by atoms with van der Waals surface area (Å²) in [5.41, 5.74) is 8.50. The van der Waals surface area contributed by atoms with Gasteiger partial charge < -0.3 is 0 Å². The molecule has 3 aromatic carbocycles. The molecule has 1 heterocycles. The number of hydrogen-bond donors (Lipinski definition) is 0. The fourth-order valence-electron chi connectivity index (χ4n) is 3.79. The Labute approximate surface area is 179 Å². The fourth-order valence-corrected chi connectivity index (χ4v) is 4.23. The van der Waals surface area contributed by atoms with Crippen LogP contribution in [0.25, 0.3) is 28.2 Å². The van der Waals surface area contributed by atoms with Crippen LogP contribution in [0.3, 0.4) is 0 Å². The Balaban J connectivity index is 1.94. The van der Waals surface area contributed by atoms with Gasteiger partial charge in [-0.05, 0) is 66.8 Å². The molecular formula is C24H23IN3+. The van der Waals surface area contributed by atoms with Crippen LogP contribution in [0.5, 0.6) is 0 Å². The van der Waals surface area contributed by atoms with Crippen LogP contribution in [0.2, 0.25) is 0 Å². The monoisotopic (exact) mass is 480 g/mol. The van der Waals surface area contributed by atoms with E-state index in [1.807, 2.05) is 0 Å². The maximum absolute atomic E-state index is 4.89. The fraction of sp³-hybridized carbons (Fsp3) is 0.167. The number of nitrogens with zero attached hydrogens (tertiary/aromatic N) is 3. The first-order valence-corrected chi connectivity index (χ1v) is 10.4. The van der Waals surface area contributed by atoms with Crippen molar-refractivity contribution in [1.29, 1.82) is 0 Å². The number of halogens is 1. The molecule has 140 valence electrons. The average Bonchev–Trinajstić information content (AvgIpc) is 2.97. The van der Waals surface area contributed by atoms with Crippen molar-refractivity contribution in [3.05, 3.63) is 87.3 Å². The predicted molar refractivity (Wildman–Crippen MR) is 123 cm³/mol. The first-order valence-electron chi connectivity index (χ1n) is 9.35. The SMILES string of the molecule is Cc1ccccc1-c1n(-c2c(C)cc(-c3ccccc3)cc2C)nc(I)[n+]1C. The van der Waals surface area contributed by atoms with E-state index < -0.39 is 0 Å². The van der Waals surface area contributed by atoms with Gasteiger partial charge in [0.05, 0.1) is 17.7 Å². The van der Waals surface area contributed by atoms with E-state index in [9.17, 15) is 0 Å². The van der Waals surface area contributed by atoms with E-state index in [2.05, 4.69) is 126 Å². The van der Waals surface area contributed by atoms with Gasteiger partial charge in [-0.3, -0.25) is 0 Å². The molecule has 0 aliphatic rings. The molecule has 0 saturated carbocycles. The Kier molecular flexibility index (Phi) is 5.06. The van der Waals surface area contributed by atoms with Crippen LogP contribution in [-0.4, -0.2) is 9.78 Å². The van der Waals surface area contributed by atoms with E-state index in [-0.39, 0.29) is 0 Å². The van der Waals surface area contributed by atoms with Gasteiger partial charge in [-0.25, -0.2) is 4.57 Å². The molecule has 0 fully saturated rings. The lowest BCUT2D eigenvalue weighted by molar-refractivity contribution is -0.673. The summed E-state index contributed by atoms with van der Waals surface area (Å²) in [6, 6.07) is 23.5. The highest BCUT2D eigenvalue weighted by atomic mass is 127. The summed E-state index contributed by atoms with van der Waals surface area (Å²) in [6.07, 6.45) is 0. The summed E-state index contributed by atoms with van der Waals surface area (Å²) >= 11 is 2.31. The van der Waals surface area contributed by atoms with Gasteiger partial charge in [-0.1, -0.05) is 53.2 Å². The molecule has 4 rings (SSSR count). The van der Waals surface area contributed by atoms with Gasteiger partial charge in [-0.15, -0.1) is 0 Å². The van der Waals surface area contributed by atoms with Crippen LogP contribution < -0.4 is 4.57 Å². The lowest BCUT2D eigenvalue weighted by atomic mass is 9.98. The van der Waals surface area contributed by atoms with Gasteiger partial charge in [-0.2, -0.15) is 0 Å². The van der Waals surface area contributed by atoms with Crippen molar-refractivity contribution >= 4 is 22.6 Å². The predicted octanol–water partition coefficient (Wildman–Crippen LogP) is 5.56. The highest BCUT2D eigenvalue weighted by Crippen LogP contribution is 2.30. The minimum absolute atomic E-state index is 0.960. The summed E-state index contributed by atoms with van der Waals surface area (Å²) in [7, 11) is 2.08. The van der Waals surface area contributed by atoms with E-state index in [4.69, 9.17) is 5.10 Å². The zero-order valence-corrected chi connectivity index (χ0v) is 18.7. The Morgan fingerprint density at radius 2 is 1.39 bits per heavy atom. The largest absolute Gasteiger partial charge is 0.337 e. The maximum atomic E-state index is 4.89.